The molecule has 3 nitrogen and oxygen atoms in total. The van der Waals surface area contributed by atoms with Gasteiger partial charge in [0.05, 0.1) is 6.10 Å². The first-order valence-corrected chi connectivity index (χ1v) is 9.85. The zero-order valence-corrected chi connectivity index (χ0v) is 16.4. The van der Waals surface area contributed by atoms with Gasteiger partial charge in [0.25, 0.3) is 0 Å². The summed E-state index contributed by atoms with van der Waals surface area (Å²) in [6.07, 6.45) is 3.29. The Hall–Kier alpha value is -2.91. The van der Waals surface area contributed by atoms with E-state index in [-0.39, 0.29) is 11.9 Å². The van der Waals surface area contributed by atoms with Gasteiger partial charge in [-0.2, -0.15) is 0 Å². The van der Waals surface area contributed by atoms with Gasteiger partial charge in [-0.15, -0.1) is 0 Å². The first-order valence-electron chi connectivity index (χ1n) is 9.85. The summed E-state index contributed by atoms with van der Waals surface area (Å²) >= 11 is 0. The van der Waals surface area contributed by atoms with Crippen LogP contribution in [0.1, 0.15) is 41.3 Å². The minimum atomic E-state index is -0.304. The van der Waals surface area contributed by atoms with Crippen LogP contribution >= 0.6 is 0 Å². The molecule has 0 unspecified atom stereocenters. The highest BCUT2D eigenvalue weighted by Crippen LogP contribution is 2.28. The van der Waals surface area contributed by atoms with Crippen molar-refractivity contribution in [2.24, 2.45) is 0 Å². The Labute approximate surface area is 165 Å². The van der Waals surface area contributed by atoms with Crippen LogP contribution in [0.15, 0.2) is 66.9 Å². The Kier molecular flexibility index (Phi) is 5.01. The van der Waals surface area contributed by atoms with Crippen LogP contribution in [-0.2, 0) is 6.54 Å². The second-order valence-electron chi connectivity index (χ2n) is 7.55. The number of nitrogens with zero attached hydrogens (tertiary/aromatic N) is 1. The van der Waals surface area contributed by atoms with Gasteiger partial charge in [0.2, 0.25) is 0 Å². The SMILES string of the molecule is Cc1ccc(C(=O)c2cn(CCC[C@@H](C)O)c3ccccc23)c2ccccc12. The van der Waals surface area contributed by atoms with Gasteiger partial charge in [0.15, 0.2) is 5.78 Å². The molecule has 0 aliphatic carbocycles. The van der Waals surface area contributed by atoms with E-state index in [2.05, 4.69) is 23.6 Å². The second kappa shape index (κ2) is 7.61. The van der Waals surface area contributed by atoms with Gasteiger partial charge in [-0.1, -0.05) is 54.6 Å². The quantitative estimate of drug-likeness (QED) is 0.455. The number of rotatable bonds is 6. The molecule has 0 saturated heterocycles. The molecule has 28 heavy (non-hydrogen) atoms. The highest BCUT2D eigenvalue weighted by atomic mass is 16.3. The van der Waals surface area contributed by atoms with E-state index < -0.39 is 0 Å². The van der Waals surface area contributed by atoms with Crippen LogP contribution in [0.2, 0.25) is 0 Å². The number of para-hydroxylation sites is 1. The molecular formula is C25H25NO2. The van der Waals surface area contributed by atoms with Crippen LogP contribution in [0.4, 0.5) is 0 Å². The number of benzene rings is 3. The van der Waals surface area contributed by atoms with Crippen molar-refractivity contribution in [3.8, 4) is 0 Å². The lowest BCUT2D eigenvalue weighted by Crippen LogP contribution is -2.04. The smallest absolute Gasteiger partial charge is 0.195 e. The maximum Gasteiger partial charge on any atom is 0.195 e. The first-order chi connectivity index (χ1) is 13.6. The summed E-state index contributed by atoms with van der Waals surface area (Å²) < 4.78 is 2.14. The van der Waals surface area contributed by atoms with Gasteiger partial charge < -0.3 is 9.67 Å². The van der Waals surface area contributed by atoms with Crippen LogP contribution in [0, 0.1) is 6.92 Å². The number of carbonyl (C=O) groups is 1. The van der Waals surface area contributed by atoms with Gasteiger partial charge in [0, 0.05) is 34.8 Å². The summed E-state index contributed by atoms with van der Waals surface area (Å²) in [6, 6.07) is 20.1. The summed E-state index contributed by atoms with van der Waals surface area (Å²) in [5.41, 5.74) is 3.72. The number of aliphatic hydroxyl groups excluding tert-OH is 1. The molecule has 0 bridgehead atoms. The van der Waals surface area contributed by atoms with Gasteiger partial charge in [0.1, 0.15) is 0 Å². The van der Waals surface area contributed by atoms with Crippen molar-refractivity contribution in [2.45, 2.75) is 39.3 Å². The lowest BCUT2D eigenvalue weighted by Gasteiger charge is -2.08. The van der Waals surface area contributed by atoms with E-state index in [1.165, 1.54) is 5.56 Å². The third-order valence-electron chi connectivity index (χ3n) is 5.44. The fourth-order valence-corrected chi connectivity index (χ4v) is 3.96. The summed E-state index contributed by atoms with van der Waals surface area (Å²) in [6.45, 7) is 4.67. The minimum Gasteiger partial charge on any atom is -0.393 e. The first kappa shape index (κ1) is 18.5. The number of fused-ring (bicyclic) bond motifs is 2. The van der Waals surface area contributed by atoms with Gasteiger partial charge in [-0.05, 0) is 49.1 Å². The Morgan fingerprint density at radius 2 is 1.61 bits per heavy atom. The zero-order chi connectivity index (χ0) is 19.7. The van der Waals surface area contributed by atoms with Crippen LogP contribution in [0.3, 0.4) is 0 Å². The molecular weight excluding hydrogens is 346 g/mol. The van der Waals surface area contributed by atoms with Crippen molar-refractivity contribution < 1.29 is 9.90 Å². The molecule has 0 saturated carbocycles. The fourth-order valence-electron chi connectivity index (χ4n) is 3.96. The topological polar surface area (TPSA) is 42.2 Å². The highest BCUT2D eigenvalue weighted by Gasteiger charge is 2.19. The third kappa shape index (κ3) is 3.34. The van der Waals surface area contributed by atoms with Crippen LogP contribution in [0.5, 0.6) is 0 Å². The Bertz CT molecular complexity index is 1150. The molecule has 0 radical (unpaired) electrons. The van der Waals surface area contributed by atoms with E-state index >= 15 is 0 Å². The van der Waals surface area contributed by atoms with Crippen molar-refractivity contribution >= 4 is 27.5 Å². The number of hydrogen-bond acceptors (Lipinski definition) is 2. The van der Waals surface area contributed by atoms with Crippen molar-refractivity contribution in [1.82, 2.24) is 4.57 Å². The van der Waals surface area contributed by atoms with Crippen LogP contribution in [0.25, 0.3) is 21.7 Å². The number of aliphatic hydroxyl groups is 1. The molecule has 4 rings (SSSR count). The van der Waals surface area contributed by atoms with E-state index in [1.54, 1.807) is 0 Å². The van der Waals surface area contributed by atoms with E-state index in [0.717, 1.165) is 52.2 Å². The van der Waals surface area contributed by atoms with E-state index in [0.29, 0.717) is 0 Å². The van der Waals surface area contributed by atoms with Crippen molar-refractivity contribution in [3.63, 3.8) is 0 Å². The Balaban J connectivity index is 1.79. The lowest BCUT2D eigenvalue weighted by molar-refractivity contribution is 0.104. The fraction of sp³-hybridized carbons (Fsp3) is 0.240. The maximum absolute atomic E-state index is 13.5. The largest absolute Gasteiger partial charge is 0.393 e. The summed E-state index contributed by atoms with van der Waals surface area (Å²) in [7, 11) is 0. The molecule has 0 amide bonds. The van der Waals surface area contributed by atoms with Crippen LogP contribution in [-0.4, -0.2) is 21.6 Å². The van der Waals surface area contributed by atoms with Gasteiger partial charge in [-0.3, -0.25) is 4.79 Å². The molecule has 0 aliphatic heterocycles. The summed E-state index contributed by atoms with van der Waals surface area (Å²) in [4.78, 5) is 13.5. The standard InChI is InChI=1S/C25H25NO2/c1-17-13-14-22(20-10-4-3-9-19(17)20)25(28)23-16-26(15-7-8-18(2)27)24-12-6-5-11-21(23)24/h3-6,9-14,16,18,27H,7-8,15H2,1-2H3/t18-/m1/s1. The van der Waals surface area contributed by atoms with Crippen molar-refractivity contribution in [1.29, 1.82) is 0 Å². The normalized spacial score (nSPS) is 12.5. The molecule has 3 heteroatoms. The highest BCUT2D eigenvalue weighted by molar-refractivity contribution is 6.21. The van der Waals surface area contributed by atoms with Gasteiger partial charge in [-0.25, -0.2) is 0 Å². The summed E-state index contributed by atoms with van der Waals surface area (Å²) in [5.74, 6) is 0.0571. The molecule has 0 fully saturated rings. The molecule has 3 aromatic carbocycles. The van der Waals surface area contributed by atoms with E-state index in [1.807, 2.05) is 61.7 Å². The molecule has 142 valence electrons. The van der Waals surface area contributed by atoms with Gasteiger partial charge >= 0.3 is 0 Å². The second-order valence-corrected chi connectivity index (χ2v) is 7.55. The molecule has 1 aromatic heterocycles. The average Bonchev–Trinajstić information content (AvgIpc) is 3.07. The monoisotopic (exact) mass is 371 g/mol. The molecule has 0 spiro atoms. The number of ketones is 1. The Morgan fingerprint density at radius 3 is 2.36 bits per heavy atom. The number of carbonyl (C=O) groups excluding carboxylic acids is 1. The lowest BCUT2D eigenvalue weighted by atomic mass is 9.95. The molecule has 1 atom stereocenters. The molecule has 4 aromatic rings. The van der Waals surface area contributed by atoms with E-state index in [4.69, 9.17) is 0 Å². The molecule has 0 aliphatic rings. The molecule has 1 heterocycles. The molecule has 1 N–H and O–H groups in total. The van der Waals surface area contributed by atoms with E-state index in [9.17, 15) is 9.90 Å². The van der Waals surface area contributed by atoms with Crippen LogP contribution < -0.4 is 0 Å². The minimum absolute atomic E-state index is 0.0571. The maximum atomic E-state index is 13.5. The van der Waals surface area contributed by atoms with Crippen molar-refractivity contribution in [3.05, 3.63) is 83.6 Å². The average molecular weight is 371 g/mol. The number of aryl methyl sites for hydroxylation is 2. The summed E-state index contributed by atoms with van der Waals surface area (Å²) in [5, 5.41) is 12.6. The number of hydrogen-bond donors (Lipinski definition) is 1. The third-order valence-corrected chi connectivity index (χ3v) is 5.44. The Morgan fingerprint density at radius 1 is 0.929 bits per heavy atom. The zero-order valence-electron chi connectivity index (χ0n) is 16.4. The predicted octanol–water partition coefficient (Wildman–Crippen LogP) is 5.49. The predicted molar refractivity (Wildman–Crippen MR) is 115 cm³/mol. The van der Waals surface area contributed by atoms with Crippen molar-refractivity contribution in [2.75, 3.05) is 0 Å². The number of aromatic nitrogens is 1.